The van der Waals surface area contributed by atoms with Crippen molar-refractivity contribution < 1.29 is 14.3 Å². The normalized spacial score (nSPS) is 13.4. The van der Waals surface area contributed by atoms with Gasteiger partial charge < -0.3 is 4.74 Å². The zero-order valence-electron chi connectivity index (χ0n) is 11.1. The molecule has 0 amide bonds. The molecule has 0 spiro atoms. The summed E-state index contributed by atoms with van der Waals surface area (Å²) in [4.78, 5) is 24.1. The van der Waals surface area contributed by atoms with Gasteiger partial charge in [-0.2, -0.15) is 0 Å². The SMILES string of the molecule is C=CCC(Cc1ccccc1I)(C(C)=O)C(=O)OC. The van der Waals surface area contributed by atoms with E-state index in [2.05, 4.69) is 29.2 Å². The van der Waals surface area contributed by atoms with Crippen LogP contribution in [0.25, 0.3) is 0 Å². The van der Waals surface area contributed by atoms with Crippen molar-refractivity contribution in [1.29, 1.82) is 0 Å². The fourth-order valence-corrected chi connectivity index (χ4v) is 2.63. The molecule has 4 heteroatoms. The largest absolute Gasteiger partial charge is 0.468 e. The van der Waals surface area contributed by atoms with E-state index in [1.54, 1.807) is 6.08 Å². The lowest BCUT2D eigenvalue weighted by atomic mass is 9.75. The summed E-state index contributed by atoms with van der Waals surface area (Å²) in [5, 5.41) is 0. The second-order valence-corrected chi connectivity index (χ2v) is 5.55. The number of benzene rings is 1. The minimum Gasteiger partial charge on any atom is -0.468 e. The second-order valence-electron chi connectivity index (χ2n) is 4.39. The van der Waals surface area contributed by atoms with Crippen LogP contribution in [0.2, 0.25) is 0 Å². The molecule has 0 bridgehead atoms. The van der Waals surface area contributed by atoms with Crippen LogP contribution in [0.3, 0.4) is 0 Å². The van der Waals surface area contributed by atoms with Gasteiger partial charge in [-0.1, -0.05) is 24.3 Å². The van der Waals surface area contributed by atoms with Crippen molar-refractivity contribution in [3.8, 4) is 0 Å². The number of carbonyl (C=O) groups is 2. The number of rotatable bonds is 6. The lowest BCUT2D eigenvalue weighted by molar-refractivity contribution is -0.157. The number of Topliss-reactive ketones (excluding diaryl/α,β-unsaturated/α-hetero) is 1. The number of esters is 1. The van der Waals surface area contributed by atoms with Gasteiger partial charge in [-0.3, -0.25) is 9.59 Å². The lowest BCUT2D eigenvalue weighted by Crippen LogP contribution is -2.41. The Kier molecular flexibility index (Phi) is 5.72. The molecule has 0 N–H and O–H groups in total. The van der Waals surface area contributed by atoms with Gasteiger partial charge in [0.2, 0.25) is 0 Å². The van der Waals surface area contributed by atoms with E-state index in [1.807, 2.05) is 24.3 Å². The van der Waals surface area contributed by atoms with E-state index in [0.29, 0.717) is 6.42 Å². The fourth-order valence-electron chi connectivity index (χ4n) is 2.05. The van der Waals surface area contributed by atoms with Gasteiger partial charge in [-0.15, -0.1) is 6.58 Å². The monoisotopic (exact) mass is 372 g/mol. The molecule has 0 radical (unpaired) electrons. The van der Waals surface area contributed by atoms with Gasteiger partial charge in [0.25, 0.3) is 0 Å². The summed E-state index contributed by atoms with van der Waals surface area (Å²) in [5.74, 6) is -0.696. The van der Waals surface area contributed by atoms with Crippen molar-refractivity contribution >= 4 is 34.3 Å². The Labute approximate surface area is 127 Å². The minimum atomic E-state index is -1.17. The van der Waals surface area contributed by atoms with Crippen molar-refractivity contribution in [2.45, 2.75) is 19.8 Å². The first-order valence-electron chi connectivity index (χ1n) is 5.91. The maximum Gasteiger partial charge on any atom is 0.320 e. The van der Waals surface area contributed by atoms with Crippen LogP contribution in [0.15, 0.2) is 36.9 Å². The Hall–Kier alpha value is -1.17. The first kappa shape index (κ1) is 15.9. The van der Waals surface area contributed by atoms with Crippen LogP contribution in [-0.2, 0) is 20.7 Å². The number of hydrogen-bond donors (Lipinski definition) is 0. The molecule has 0 fully saturated rings. The highest BCUT2D eigenvalue weighted by Gasteiger charge is 2.43. The zero-order valence-corrected chi connectivity index (χ0v) is 13.3. The first-order chi connectivity index (χ1) is 8.97. The van der Waals surface area contributed by atoms with Gasteiger partial charge in [0.1, 0.15) is 11.2 Å². The summed E-state index contributed by atoms with van der Waals surface area (Å²) < 4.78 is 5.86. The van der Waals surface area contributed by atoms with Crippen molar-refractivity contribution in [3.63, 3.8) is 0 Å². The van der Waals surface area contributed by atoms with E-state index in [0.717, 1.165) is 9.13 Å². The highest BCUT2D eigenvalue weighted by molar-refractivity contribution is 14.1. The fraction of sp³-hybridized carbons (Fsp3) is 0.333. The zero-order chi connectivity index (χ0) is 14.5. The topological polar surface area (TPSA) is 43.4 Å². The molecular weight excluding hydrogens is 355 g/mol. The van der Waals surface area contributed by atoms with Crippen molar-refractivity contribution in [2.24, 2.45) is 5.41 Å². The molecule has 1 aromatic rings. The molecule has 3 nitrogen and oxygen atoms in total. The number of hydrogen-bond acceptors (Lipinski definition) is 3. The molecular formula is C15H17IO3. The third kappa shape index (κ3) is 3.43. The standard InChI is InChI=1S/C15H17IO3/c1-4-9-15(11(2)17,14(18)19-3)10-12-7-5-6-8-13(12)16/h4-8H,1,9-10H2,2-3H3. The molecule has 1 rings (SSSR count). The Morgan fingerprint density at radius 1 is 1.42 bits per heavy atom. The summed E-state index contributed by atoms with van der Waals surface area (Å²) in [6.45, 7) is 5.07. The summed E-state index contributed by atoms with van der Waals surface area (Å²) in [6, 6.07) is 7.69. The Bertz CT molecular complexity index is 496. The average Bonchev–Trinajstić information content (AvgIpc) is 2.39. The maximum atomic E-state index is 12.1. The smallest absolute Gasteiger partial charge is 0.320 e. The van der Waals surface area contributed by atoms with E-state index < -0.39 is 11.4 Å². The van der Waals surface area contributed by atoms with Crippen LogP contribution in [-0.4, -0.2) is 18.9 Å². The summed E-state index contributed by atoms with van der Waals surface area (Å²) in [6.07, 6.45) is 2.20. The van der Waals surface area contributed by atoms with Crippen LogP contribution in [0, 0.1) is 8.99 Å². The van der Waals surface area contributed by atoms with Crippen LogP contribution in [0.1, 0.15) is 18.9 Å². The highest BCUT2D eigenvalue weighted by atomic mass is 127. The lowest BCUT2D eigenvalue weighted by Gasteiger charge is -2.27. The molecule has 1 aromatic carbocycles. The van der Waals surface area contributed by atoms with Crippen LogP contribution in [0.5, 0.6) is 0 Å². The summed E-state index contributed by atoms with van der Waals surface area (Å²) in [7, 11) is 1.30. The summed E-state index contributed by atoms with van der Waals surface area (Å²) in [5.41, 5.74) is -0.205. The van der Waals surface area contributed by atoms with Gasteiger partial charge >= 0.3 is 5.97 Å². The number of ketones is 1. The molecule has 0 heterocycles. The van der Waals surface area contributed by atoms with E-state index >= 15 is 0 Å². The van der Waals surface area contributed by atoms with Crippen molar-refractivity contribution in [2.75, 3.05) is 7.11 Å². The quantitative estimate of drug-likeness (QED) is 0.334. The third-order valence-corrected chi connectivity index (χ3v) is 4.25. The van der Waals surface area contributed by atoms with Crippen molar-refractivity contribution in [3.05, 3.63) is 46.1 Å². The Morgan fingerprint density at radius 3 is 2.53 bits per heavy atom. The molecule has 0 aliphatic heterocycles. The number of halogens is 1. The molecule has 0 saturated heterocycles. The van der Waals surface area contributed by atoms with Gasteiger partial charge in [0, 0.05) is 3.57 Å². The molecule has 1 atom stereocenters. The Balaban J connectivity index is 3.24. The molecule has 0 aromatic heterocycles. The van der Waals surface area contributed by atoms with Gasteiger partial charge in [-0.05, 0) is 54.0 Å². The maximum absolute atomic E-state index is 12.1. The van der Waals surface area contributed by atoms with Crippen LogP contribution < -0.4 is 0 Å². The first-order valence-corrected chi connectivity index (χ1v) is 6.99. The van der Waals surface area contributed by atoms with E-state index in [4.69, 9.17) is 4.74 Å². The predicted molar refractivity (Wildman–Crippen MR) is 82.8 cm³/mol. The summed E-state index contributed by atoms with van der Waals surface area (Å²) >= 11 is 2.20. The highest BCUT2D eigenvalue weighted by Crippen LogP contribution is 2.32. The number of methoxy groups -OCH3 is 1. The van der Waals surface area contributed by atoms with E-state index in [-0.39, 0.29) is 12.2 Å². The number of carbonyl (C=O) groups excluding carboxylic acids is 2. The molecule has 0 saturated carbocycles. The number of allylic oxidation sites excluding steroid dienone is 1. The molecule has 1 unspecified atom stereocenters. The van der Waals surface area contributed by atoms with E-state index in [9.17, 15) is 9.59 Å². The van der Waals surface area contributed by atoms with Gasteiger partial charge in [-0.25, -0.2) is 0 Å². The molecule has 19 heavy (non-hydrogen) atoms. The van der Waals surface area contributed by atoms with Gasteiger partial charge in [0.15, 0.2) is 0 Å². The molecule has 0 aliphatic carbocycles. The third-order valence-electron chi connectivity index (χ3n) is 3.19. The van der Waals surface area contributed by atoms with Crippen LogP contribution >= 0.6 is 22.6 Å². The van der Waals surface area contributed by atoms with E-state index in [1.165, 1.54) is 14.0 Å². The Morgan fingerprint density at radius 2 is 2.05 bits per heavy atom. The van der Waals surface area contributed by atoms with Crippen LogP contribution in [0.4, 0.5) is 0 Å². The molecule has 0 aliphatic rings. The van der Waals surface area contributed by atoms with Gasteiger partial charge in [0.05, 0.1) is 7.11 Å². The number of ether oxygens (including phenoxy) is 1. The van der Waals surface area contributed by atoms with Crippen molar-refractivity contribution in [1.82, 2.24) is 0 Å². The average molecular weight is 372 g/mol. The minimum absolute atomic E-state index is 0.195. The molecule has 102 valence electrons. The predicted octanol–water partition coefficient (Wildman–Crippen LogP) is 3.16. The second kappa shape index (κ2) is 6.84.